The Morgan fingerprint density at radius 3 is 2.45 bits per heavy atom. The van der Waals surface area contributed by atoms with Crippen molar-refractivity contribution < 1.29 is 19.4 Å². The van der Waals surface area contributed by atoms with Crippen molar-refractivity contribution in [3.63, 3.8) is 0 Å². The van der Waals surface area contributed by atoms with E-state index in [0.29, 0.717) is 11.1 Å². The minimum atomic E-state index is -1.10. The third-order valence-electron chi connectivity index (χ3n) is 2.62. The number of hydrogen-bond donors (Lipinski definition) is 2. The van der Waals surface area contributed by atoms with Crippen molar-refractivity contribution in [2.75, 3.05) is 6.61 Å². The van der Waals surface area contributed by atoms with Crippen molar-refractivity contribution in [1.82, 2.24) is 5.32 Å². The lowest BCUT2D eigenvalue weighted by Crippen LogP contribution is -2.48. The first-order valence-electron chi connectivity index (χ1n) is 6.21. The number of carbonyl (C=O) groups excluding carboxylic acids is 2. The molecule has 1 aromatic rings. The summed E-state index contributed by atoms with van der Waals surface area (Å²) in [6.45, 7) is 3.23. The van der Waals surface area contributed by atoms with Gasteiger partial charge in [-0.1, -0.05) is 5.92 Å². The Morgan fingerprint density at radius 1 is 1.40 bits per heavy atom. The molecule has 5 nitrogen and oxygen atoms in total. The smallest absolute Gasteiger partial charge is 0.331 e. The second-order valence-corrected chi connectivity index (χ2v) is 4.17. The van der Waals surface area contributed by atoms with E-state index in [1.807, 2.05) is 0 Å². The Kier molecular flexibility index (Phi) is 5.75. The summed E-state index contributed by atoms with van der Waals surface area (Å²) in [4.78, 5) is 23.6. The van der Waals surface area contributed by atoms with Gasteiger partial charge in [0.2, 0.25) is 0 Å². The Bertz CT molecular complexity index is 514. The molecule has 2 atom stereocenters. The average molecular weight is 275 g/mol. The number of carbonyl (C=O) groups is 2. The molecule has 0 aliphatic heterocycles. The van der Waals surface area contributed by atoms with E-state index >= 15 is 0 Å². The zero-order valence-corrected chi connectivity index (χ0v) is 11.4. The van der Waals surface area contributed by atoms with Crippen LogP contribution in [0.5, 0.6) is 0 Å². The molecule has 0 saturated carbocycles. The van der Waals surface area contributed by atoms with Crippen LogP contribution in [0.1, 0.15) is 29.8 Å². The lowest BCUT2D eigenvalue weighted by Gasteiger charge is -2.19. The number of nitrogens with one attached hydrogen (secondary N) is 1. The standard InChI is InChI=1S/C15H17NO4/c1-4-11-6-8-12(9-7-11)14(18)16-13(10(3)17)15(19)20-5-2/h1,6-10,13,17H,5H2,2-3H3,(H,16,18)/t10-,13-/m1/s1. The van der Waals surface area contributed by atoms with Gasteiger partial charge in [-0.25, -0.2) is 4.79 Å². The fourth-order valence-electron chi connectivity index (χ4n) is 1.55. The van der Waals surface area contributed by atoms with Crippen molar-refractivity contribution in [1.29, 1.82) is 0 Å². The topological polar surface area (TPSA) is 75.6 Å². The van der Waals surface area contributed by atoms with Gasteiger partial charge in [0.1, 0.15) is 0 Å². The molecule has 0 aromatic heterocycles. The Hall–Kier alpha value is -2.32. The molecule has 0 fully saturated rings. The number of amides is 1. The normalized spacial score (nSPS) is 12.9. The highest BCUT2D eigenvalue weighted by Crippen LogP contribution is 2.05. The van der Waals surface area contributed by atoms with Gasteiger partial charge >= 0.3 is 5.97 Å². The molecule has 0 aliphatic carbocycles. The largest absolute Gasteiger partial charge is 0.464 e. The highest BCUT2D eigenvalue weighted by atomic mass is 16.5. The van der Waals surface area contributed by atoms with Crippen LogP contribution in [0, 0.1) is 12.3 Å². The molecular weight excluding hydrogens is 258 g/mol. The van der Waals surface area contributed by atoms with Crippen LogP contribution in [0.3, 0.4) is 0 Å². The van der Waals surface area contributed by atoms with Crippen molar-refractivity contribution in [2.45, 2.75) is 26.0 Å². The maximum absolute atomic E-state index is 12.0. The molecular formula is C15H17NO4. The predicted octanol–water partition coefficient (Wildman–Crippen LogP) is 0.710. The van der Waals surface area contributed by atoms with Gasteiger partial charge in [-0.3, -0.25) is 4.79 Å². The molecule has 0 heterocycles. The molecule has 1 aromatic carbocycles. The van der Waals surface area contributed by atoms with Gasteiger partial charge in [0.25, 0.3) is 5.91 Å². The van der Waals surface area contributed by atoms with Gasteiger partial charge < -0.3 is 15.2 Å². The second-order valence-electron chi connectivity index (χ2n) is 4.17. The summed E-state index contributed by atoms with van der Waals surface area (Å²) in [5.41, 5.74) is 0.998. The van der Waals surface area contributed by atoms with E-state index < -0.39 is 24.0 Å². The minimum Gasteiger partial charge on any atom is -0.464 e. The number of hydrogen-bond acceptors (Lipinski definition) is 4. The molecule has 1 amide bonds. The third kappa shape index (κ3) is 4.11. The summed E-state index contributed by atoms with van der Waals surface area (Å²) in [6, 6.07) is 5.24. The molecule has 1 rings (SSSR count). The van der Waals surface area contributed by atoms with Gasteiger partial charge in [-0.2, -0.15) is 0 Å². The maximum Gasteiger partial charge on any atom is 0.331 e. The average Bonchev–Trinajstić information content (AvgIpc) is 2.44. The number of aliphatic hydroxyl groups excluding tert-OH is 1. The van der Waals surface area contributed by atoms with Gasteiger partial charge in [0.05, 0.1) is 12.7 Å². The summed E-state index contributed by atoms with van der Waals surface area (Å²) in [7, 11) is 0. The van der Waals surface area contributed by atoms with Gasteiger partial charge in [0.15, 0.2) is 6.04 Å². The van der Waals surface area contributed by atoms with Crippen LogP contribution >= 0.6 is 0 Å². The molecule has 0 saturated heterocycles. The Labute approximate surface area is 117 Å². The fraction of sp³-hybridized carbons (Fsp3) is 0.333. The van der Waals surface area contributed by atoms with Crippen LogP contribution in [-0.2, 0) is 9.53 Å². The molecule has 0 spiro atoms. The zero-order chi connectivity index (χ0) is 15.1. The van der Waals surface area contributed by atoms with Crippen LogP contribution in [0.15, 0.2) is 24.3 Å². The lowest BCUT2D eigenvalue weighted by molar-refractivity contribution is -0.148. The number of terminal acetylenes is 1. The molecule has 2 N–H and O–H groups in total. The molecule has 106 valence electrons. The summed E-state index contributed by atoms with van der Waals surface area (Å²) < 4.78 is 4.80. The first-order valence-corrected chi connectivity index (χ1v) is 6.21. The summed E-state index contributed by atoms with van der Waals surface area (Å²) >= 11 is 0. The highest BCUT2D eigenvalue weighted by molar-refractivity contribution is 5.97. The van der Waals surface area contributed by atoms with E-state index in [-0.39, 0.29) is 6.61 Å². The fourth-order valence-corrected chi connectivity index (χ4v) is 1.55. The zero-order valence-electron chi connectivity index (χ0n) is 11.4. The van der Waals surface area contributed by atoms with Crippen LogP contribution in [-0.4, -0.2) is 35.7 Å². The Morgan fingerprint density at radius 2 is 2.00 bits per heavy atom. The first kappa shape index (κ1) is 15.7. The van der Waals surface area contributed by atoms with Crippen LogP contribution in [0.25, 0.3) is 0 Å². The van der Waals surface area contributed by atoms with Crippen LogP contribution in [0.2, 0.25) is 0 Å². The summed E-state index contributed by atoms with van der Waals surface area (Å²) in [5, 5.41) is 12.0. The van der Waals surface area contributed by atoms with E-state index in [0.717, 1.165) is 0 Å². The van der Waals surface area contributed by atoms with E-state index in [2.05, 4.69) is 11.2 Å². The van der Waals surface area contributed by atoms with Gasteiger partial charge in [-0.05, 0) is 38.1 Å². The first-order chi connectivity index (χ1) is 9.49. The van der Waals surface area contributed by atoms with Gasteiger partial charge in [0, 0.05) is 11.1 Å². The molecule has 0 radical (unpaired) electrons. The number of rotatable bonds is 5. The van der Waals surface area contributed by atoms with E-state index in [9.17, 15) is 14.7 Å². The molecule has 5 heteroatoms. The van der Waals surface area contributed by atoms with Crippen LogP contribution < -0.4 is 5.32 Å². The molecule has 0 unspecified atom stereocenters. The van der Waals surface area contributed by atoms with Crippen LogP contribution in [0.4, 0.5) is 0 Å². The van der Waals surface area contributed by atoms with Crippen molar-refractivity contribution in [3.05, 3.63) is 35.4 Å². The van der Waals surface area contributed by atoms with Gasteiger partial charge in [-0.15, -0.1) is 6.42 Å². The lowest BCUT2D eigenvalue weighted by atomic mass is 10.1. The molecule has 0 bridgehead atoms. The van der Waals surface area contributed by atoms with Crippen molar-refractivity contribution >= 4 is 11.9 Å². The number of benzene rings is 1. The SMILES string of the molecule is C#Cc1ccc(C(=O)N[C@@H](C(=O)OCC)[C@@H](C)O)cc1. The van der Waals surface area contributed by atoms with E-state index in [1.165, 1.54) is 6.92 Å². The Balaban J connectivity index is 2.80. The van der Waals surface area contributed by atoms with Crippen molar-refractivity contribution in [2.24, 2.45) is 0 Å². The third-order valence-corrected chi connectivity index (χ3v) is 2.62. The molecule has 20 heavy (non-hydrogen) atoms. The summed E-state index contributed by atoms with van der Waals surface area (Å²) in [5.74, 6) is 1.29. The van der Waals surface area contributed by atoms with Crippen molar-refractivity contribution in [3.8, 4) is 12.3 Å². The monoisotopic (exact) mass is 275 g/mol. The number of ether oxygens (including phenoxy) is 1. The number of esters is 1. The molecule has 0 aliphatic rings. The van der Waals surface area contributed by atoms with E-state index in [4.69, 9.17) is 11.2 Å². The second kappa shape index (κ2) is 7.31. The predicted molar refractivity (Wildman–Crippen MR) is 73.9 cm³/mol. The minimum absolute atomic E-state index is 0.175. The summed E-state index contributed by atoms with van der Waals surface area (Å²) in [6.07, 6.45) is 4.17. The van der Waals surface area contributed by atoms with E-state index in [1.54, 1.807) is 31.2 Å². The maximum atomic E-state index is 12.0. The quantitative estimate of drug-likeness (QED) is 0.613. The highest BCUT2D eigenvalue weighted by Gasteiger charge is 2.27. The number of aliphatic hydroxyl groups is 1.